The Bertz CT molecular complexity index is 555. The van der Waals surface area contributed by atoms with E-state index in [0.717, 1.165) is 0 Å². The number of benzene rings is 2. The van der Waals surface area contributed by atoms with Gasteiger partial charge in [0.05, 0.1) is 0 Å². The minimum atomic E-state index is 1.18. The smallest absolute Gasteiger partial charge is 0.0458 e. The summed E-state index contributed by atoms with van der Waals surface area (Å²) in [5, 5.41) is 0. The van der Waals surface area contributed by atoms with Gasteiger partial charge in [0.15, 0.2) is 0 Å². The standard InChI is InChI=1S/C19H21N/c1-4-16(2)15-17(3)20(18-11-7-5-8-12-18)19-13-9-6-10-14-19/h4-15H,1-3H3/b16-4-,17-15+. The molecule has 0 aliphatic heterocycles. The van der Waals surface area contributed by atoms with E-state index in [2.05, 4.69) is 86.4 Å². The van der Waals surface area contributed by atoms with E-state index in [1.807, 2.05) is 12.1 Å². The molecule has 1 heteroatoms. The minimum absolute atomic E-state index is 1.18. The number of allylic oxidation sites excluding steroid dienone is 4. The van der Waals surface area contributed by atoms with Crippen molar-refractivity contribution in [2.24, 2.45) is 0 Å². The van der Waals surface area contributed by atoms with Gasteiger partial charge in [-0.05, 0) is 51.1 Å². The molecule has 0 aliphatic rings. The quantitative estimate of drug-likeness (QED) is 0.640. The van der Waals surface area contributed by atoms with Crippen LogP contribution in [-0.4, -0.2) is 0 Å². The zero-order valence-corrected chi connectivity index (χ0v) is 12.4. The lowest BCUT2D eigenvalue weighted by molar-refractivity contribution is 1.15. The number of para-hydroxylation sites is 2. The third-order valence-electron chi connectivity index (χ3n) is 3.27. The monoisotopic (exact) mass is 263 g/mol. The van der Waals surface area contributed by atoms with Gasteiger partial charge < -0.3 is 4.90 Å². The summed E-state index contributed by atoms with van der Waals surface area (Å²) in [5.74, 6) is 0. The Hall–Kier alpha value is -2.28. The Labute approximate surface area is 121 Å². The second-order valence-corrected chi connectivity index (χ2v) is 4.82. The molecule has 0 unspecified atom stereocenters. The average molecular weight is 263 g/mol. The largest absolute Gasteiger partial charge is 0.315 e. The van der Waals surface area contributed by atoms with Crippen LogP contribution < -0.4 is 4.90 Å². The van der Waals surface area contributed by atoms with Crippen LogP contribution in [0.4, 0.5) is 11.4 Å². The predicted octanol–water partition coefficient (Wildman–Crippen LogP) is 5.69. The molecule has 0 bridgehead atoms. The maximum Gasteiger partial charge on any atom is 0.0458 e. The topological polar surface area (TPSA) is 3.24 Å². The summed E-state index contributed by atoms with van der Waals surface area (Å²) in [6.45, 7) is 6.33. The van der Waals surface area contributed by atoms with Crippen molar-refractivity contribution in [1.82, 2.24) is 0 Å². The lowest BCUT2D eigenvalue weighted by atomic mass is 10.2. The van der Waals surface area contributed by atoms with Crippen LogP contribution in [0.2, 0.25) is 0 Å². The van der Waals surface area contributed by atoms with E-state index in [1.54, 1.807) is 0 Å². The Morgan fingerprint density at radius 2 is 1.25 bits per heavy atom. The Balaban J connectivity index is 2.48. The molecule has 2 aromatic carbocycles. The highest BCUT2D eigenvalue weighted by Crippen LogP contribution is 2.29. The molecule has 0 saturated heterocycles. The summed E-state index contributed by atoms with van der Waals surface area (Å²) in [7, 11) is 0. The Kier molecular flexibility index (Phi) is 4.78. The Morgan fingerprint density at radius 3 is 1.65 bits per heavy atom. The zero-order valence-electron chi connectivity index (χ0n) is 12.4. The first-order valence-corrected chi connectivity index (χ1v) is 6.94. The molecule has 102 valence electrons. The minimum Gasteiger partial charge on any atom is -0.315 e. The number of rotatable bonds is 4. The fraction of sp³-hybridized carbons (Fsp3) is 0.158. The van der Waals surface area contributed by atoms with E-state index >= 15 is 0 Å². The molecule has 0 heterocycles. The molecular weight excluding hydrogens is 242 g/mol. The van der Waals surface area contributed by atoms with Crippen LogP contribution >= 0.6 is 0 Å². The highest BCUT2D eigenvalue weighted by molar-refractivity contribution is 5.68. The lowest BCUT2D eigenvalue weighted by Gasteiger charge is -2.26. The fourth-order valence-electron chi connectivity index (χ4n) is 2.19. The van der Waals surface area contributed by atoms with Crippen molar-refractivity contribution >= 4 is 11.4 Å². The molecule has 1 nitrogen and oxygen atoms in total. The highest BCUT2D eigenvalue weighted by atomic mass is 15.1. The van der Waals surface area contributed by atoms with Gasteiger partial charge >= 0.3 is 0 Å². The van der Waals surface area contributed by atoms with Gasteiger partial charge in [-0.3, -0.25) is 0 Å². The summed E-state index contributed by atoms with van der Waals surface area (Å²) in [6.07, 6.45) is 4.33. The van der Waals surface area contributed by atoms with Crippen molar-refractivity contribution in [3.05, 3.63) is 84.1 Å². The maximum absolute atomic E-state index is 2.27. The number of anilines is 2. The van der Waals surface area contributed by atoms with Gasteiger partial charge in [-0.2, -0.15) is 0 Å². The van der Waals surface area contributed by atoms with E-state index in [1.165, 1.54) is 22.6 Å². The second kappa shape index (κ2) is 6.76. The molecule has 0 aliphatic carbocycles. The number of hydrogen-bond donors (Lipinski definition) is 0. The maximum atomic E-state index is 2.27. The fourth-order valence-corrected chi connectivity index (χ4v) is 2.19. The first kappa shape index (κ1) is 14.1. The van der Waals surface area contributed by atoms with Gasteiger partial charge in [0.1, 0.15) is 0 Å². The summed E-state index contributed by atoms with van der Waals surface area (Å²) >= 11 is 0. The molecule has 0 saturated carbocycles. The van der Waals surface area contributed by atoms with E-state index < -0.39 is 0 Å². The van der Waals surface area contributed by atoms with Crippen LogP contribution in [0.25, 0.3) is 0 Å². The van der Waals surface area contributed by atoms with Gasteiger partial charge in [0, 0.05) is 17.1 Å². The third-order valence-corrected chi connectivity index (χ3v) is 3.27. The molecule has 0 N–H and O–H groups in total. The summed E-state index contributed by atoms with van der Waals surface area (Å²) < 4.78 is 0. The molecular formula is C19H21N. The van der Waals surface area contributed by atoms with Crippen molar-refractivity contribution in [3.63, 3.8) is 0 Å². The van der Waals surface area contributed by atoms with Crippen molar-refractivity contribution in [2.45, 2.75) is 20.8 Å². The number of nitrogens with zero attached hydrogens (tertiary/aromatic N) is 1. The van der Waals surface area contributed by atoms with Gasteiger partial charge in [-0.1, -0.05) is 48.0 Å². The van der Waals surface area contributed by atoms with Gasteiger partial charge in [-0.25, -0.2) is 0 Å². The average Bonchev–Trinajstić information content (AvgIpc) is 2.49. The number of hydrogen-bond acceptors (Lipinski definition) is 1. The van der Waals surface area contributed by atoms with Crippen LogP contribution in [0.15, 0.2) is 84.1 Å². The molecule has 0 aromatic heterocycles. The van der Waals surface area contributed by atoms with Gasteiger partial charge in [0.2, 0.25) is 0 Å². The van der Waals surface area contributed by atoms with Crippen LogP contribution in [0.5, 0.6) is 0 Å². The van der Waals surface area contributed by atoms with Crippen LogP contribution in [0.1, 0.15) is 20.8 Å². The first-order valence-electron chi connectivity index (χ1n) is 6.94. The van der Waals surface area contributed by atoms with E-state index in [4.69, 9.17) is 0 Å². The van der Waals surface area contributed by atoms with Crippen molar-refractivity contribution in [1.29, 1.82) is 0 Å². The lowest BCUT2D eigenvalue weighted by Crippen LogP contribution is -2.14. The van der Waals surface area contributed by atoms with Gasteiger partial charge in [-0.15, -0.1) is 0 Å². The van der Waals surface area contributed by atoms with Crippen molar-refractivity contribution in [2.75, 3.05) is 4.90 Å². The molecule has 2 aromatic rings. The van der Waals surface area contributed by atoms with Crippen molar-refractivity contribution in [3.8, 4) is 0 Å². The van der Waals surface area contributed by atoms with E-state index in [9.17, 15) is 0 Å². The summed E-state index contributed by atoms with van der Waals surface area (Å²) in [5.41, 5.74) is 4.82. The normalized spacial score (nSPS) is 12.3. The van der Waals surface area contributed by atoms with E-state index in [-0.39, 0.29) is 0 Å². The summed E-state index contributed by atoms with van der Waals surface area (Å²) in [6, 6.07) is 20.9. The third kappa shape index (κ3) is 3.39. The predicted molar refractivity (Wildman–Crippen MR) is 88.2 cm³/mol. The molecule has 0 spiro atoms. The molecule has 20 heavy (non-hydrogen) atoms. The molecule has 0 fully saturated rings. The van der Waals surface area contributed by atoms with E-state index in [0.29, 0.717) is 0 Å². The first-order chi connectivity index (χ1) is 9.72. The second-order valence-electron chi connectivity index (χ2n) is 4.82. The summed E-state index contributed by atoms with van der Waals surface area (Å²) in [4.78, 5) is 2.27. The SMILES string of the molecule is C/C=C(C)\C=C(/C)N(c1ccccc1)c1ccccc1. The van der Waals surface area contributed by atoms with Crippen LogP contribution in [0.3, 0.4) is 0 Å². The molecule has 2 rings (SSSR count). The Morgan fingerprint density at radius 1 is 0.800 bits per heavy atom. The molecule has 0 amide bonds. The highest BCUT2D eigenvalue weighted by Gasteiger charge is 2.10. The zero-order chi connectivity index (χ0) is 14.4. The molecule has 0 radical (unpaired) electrons. The van der Waals surface area contributed by atoms with Gasteiger partial charge in [0.25, 0.3) is 0 Å². The molecule has 0 atom stereocenters. The van der Waals surface area contributed by atoms with Crippen LogP contribution in [-0.2, 0) is 0 Å². The van der Waals surface area contributed by atoms with Crippen LogP contribution in [0, 0.1) is 0 Å². The van der Waals surface area contributed by atoms with Crippen molar-refractivity contribution < 1.29 is 0 Å².